The van der Waals surface area contributed by atoms with Crippen LogP contribution in [0, 0.1) is 0 Å². The summed E-state index contributed by atoms with van der Waals surface area (Å²) in [5.74, 6) is -1.51. The van der Waals surface area contributed by atoms with E-state index in [0.717, 1.165) is 12.2 Å². The van der Waals surface area contributed by atoms with Crippen LogP contribution in [0.25, 0.3) is 0 Å². The van der Waals surface area contributed by atoms with Gasteiger partial charge in [-0.25, -0.2) is 9.59 Å². The molecule has 0 aromatic heterocycles. The van der Waals surface area contributed by atoms with Crippen LogP contribution in [-0.4, -0.2) is 17.0 Å². The molecule has 5 heteroatoms. The number of rotatable bonds is 3. The van der Waals surface area contributed by atoms with E-state index in [4.69, 9.17) is 9.84 Å². The number of benzene rings is 1. The van der Waals surface area contributed by atoms with Crippen molar-refractivity contribution < 1.29 is 47.1 Å². The van der Waals surface area contributed by atoms with Gasteiger partial charge in [-0.2, -0.15) is 0 Å². The molecule has 0 unspecified atom stereocenters. The van der Waals surface area contributed by atoms with Gasteiger partial charge < -0.3 is 9.84 Å². The Morgan fingerprint density at radius 3 is 2.27 bits per heavy atom. The molecule has 1 rings (SSSR count). The first kappa shape index (κ1) is 13.8. The molecular formula is C10H8HgO4. The van der Waals surface area contributed by atoms with E-state index in [0.29, 0.717) is 5.75 Å². The number of carboxylic acids is 1. The van der Waals surface area contributed by atoms with Crippen LogP contribution in [0.2, 0.25) is 0 Å². The van der Waals surface area contributed by atoms with E-state index in [9.17, 15) is 9.59 Å². The van der Waals surface area contributed by atoms with Gasteiger partial charge in [-0.15, -0.1) is 0 Å². The third-order valence-corrected chi connectivity index (χ3v) is 1.32. The molecule has 0 radical (unpaired) electrons. The fourth-order valence-corrected chi connectivity index (χ4v) is 0.778. The number of carbonyl (C=O) groups excluding carboxylic acids is 1. The largest absolute Gasteiger partial charge is 0.478 e. The Morgan fingerprint density at radius 1 is 1.13 bits per heavy atom. The summed E-state index contributed by atoms with van der Waals surface area (Å²) in [4.78, 5) is 21.0. The molecule has 1 aromatic carbocycles. The molecule has 0 heterocycles. The maximum Gasteiger partial charge on any atom is 0.336 e. The van der Waals surface area contributed by atoms with E-state index in [2.05, 4.69) is 0 Å². The Bertz CT molecular complexity index is 359. The van der Waals surface area contributed by atoms with Crippen LogP contribution in [-0.2, 0) is 37.3 Å². The molecule has 0 fully saturated rings. The molecule has 0 saturated carbocycles. The van der Waals surface area contributed by atoms with E-state index in [1.165, 1.54) is 0 Å². The van der Waals surface area contributed by atoms with Gasteiger partial charge in [-0.3, -0.25) is 0 Å². The van der Waals surface area contributed by atoms with Crippen molar-refractivity contribution in [1.82, 2.24) is 0 Å². The van der Waals surface area contributed by atoms with Crippen molar-refractivity contribution in [3.63, 3.8) is 0 Å². The van der Waals surface area contributed by atoms with Gasteiger partial charge in [0.2, 0.25) is 0 Å². The van der Waals surface area contributed by atoms with Crippen molar-refractivity contribution >= 4 is 11.9 Å². The summed E-state index contributed by atoms with van der Waals surface area (Å²) in [6.07, 6.45) is 1.58. The maximum absolute atomic E-state index is 10.9. The first-order chi connectivity index (χ1) is 6.68. The molecule has 74 valence electrons. The van der Waals surface area contributed by atoms with Crippen LogP contribution in [0.15, 0.2) is 42.5 Å². The Morgan fingerprint density at radius 2 is 1.73 bits per heavy atom. The Hall–Kier alpha value is -1.16. The first-order valence-corrected chi connectivity index (χ1v) is 3.86. The van der Waals surface area contributed by atoms with Crippen molar-refractivity contribution in [2.75, 3.05) is 0 Å². The average Bonchev–Trinajstić information content (AvgIpc) is 2.16. The Kier molecular flexibility index (Phi) is 6.61. The van der Waals surface area contributed by atoms with E-state index in [1.54, 1.807) is 30.3 Å². The minimum absolute atomic E-state index is 0. The van der Waals surface area contributed by atoms with Crippen molar-refractivity contribution in [2.45, 2.75) is 0 Å². The summed E-state index contributed by atoms with van der Waals surface area (Å²) >= 11 is 0. The van der Waals surface area contributed by atoms with Crippen molar-refractivity contribution in [3.8, 4) is 5.75 Å². The fourth-order valence-electron chi connectivity index (χ4n) is 0.778. The molecule has 0 amide bonds. The SMILES string of the molecule is O=C(O)/C=C\C(=O)Oc1ccccc1.[Hg]. The number of hydrogen-bond acceptors (Lipinski definition) is 3. The molecule has 0 aliphatic heterocycles. The molecule has 0 spiro atoms. The zero-order valence-corrected chi connectivity index (χ0v) is 13.4. The van der Waals surface area contributed by atoms with E-state index in [1.807, 2.05) is 0 Å². The second kappa shape index (κ2) is 7.17. The smallest absolute Gasteiger partial charge is 0.336 e. The molecule has 0 aliphatic carbocycles. The van der Waals surface area contributed by atoms with Crippen LogP contribution >= 0.6 is 0 Å². The van der Waals surface area contributed by atoms with Crippen LogP contribution in [0.4, 0.5) is 0 Å². The first-order valence-electron chi connectivity index (χ1n) is 3.86. The van der Waals surface area contributed by atoms with Crippen molar-refractivity contribution in [3.05, 3.63) is 42.5 Å². The summed E-state index contributed by atoms with van der Waals surface area (Å²) < 4.78 is 4.78. The topological polar surface area (TPSA) is 63.6 Å². The maximum atomic E-state index is 10.9. The average molecular weight is 393 g/mol. The van der Waals surface area contributed by atoms with Gasteiger partial charge in [0.05, 0.1) is 0 Å². The van der Waals surface area contributed by atoms with Gasteiger partial charge in [0, 0.05) is 39.8 Å². The molecule has 4 nitrogen and oxygen atoms in total. The second-order valence-corrected chi connectivity index (χ2v) is 2.41. The van der Waals surface area contributed by atoms with Gasteiger partial charge in [0.25, 0.3) is 0 Å². The number of para-hydroxylation sites is 1. The molecule has 0 atom stereocenters. The van der Waals surface area contributed by atoms with Crippen LogP contribution in [0.3, 0.4) is 0 Å². The van der Waals surface area contributed by atoms with E-state index >= 15 is 0 Å². The van der Waals surface area contributed by atoms with Crippen LogP contribution in [0.5, 0.6) is 5.75 Å². The normalized spacial score (nSPS) is 9.33. The predicted octanol–water partition coefficient (Wildman–Crippen LogP) is 1.23. The summed E-state index contributed by atoms with van der Waals surface area (Å²) in [7, 11) is 0. The summed E-state index contributed by atoms with van der Waals surface area (Å²) in [6, 6.07) is 8.41. The molecule has 15 heavy (non-hydrogen) atoms. The Labute approximate surface area is 107 Å². The second-order valence-electron chi connectivity index (χ2n) is 2.41. The molecule has 1 aromatic rings. The third kappa shape index (κ3) is 6.01. The minimum atomic E-state index is -1.19. The third-order valence-electron chi connectivity index (χ3n) is 1.32. The van der Waals surface area contributed by atoms with Crippen LogP contribution < -0.4 is 4.74 Å². The van der Waals surface area contributed by atoms with E-state index in [-0.39, 0.29) is 27.7 Å². The van der Waals surface area contributed by atoms with Gasteiger partial charge in [0.15, 0.2) is 0 Å². The Balaban J connectivity index is 0.00000196. The standard InChI is InChI=1S/C10H8O4.Hg/c11-9(12)6-7-10(13)14-8-4-2-1-3-5-8;/h1-7H,(H,11,12);/b7-6-;. The summed E-state index contributed by atoms with van der Waals surface area (Å²) in [5.41, 5.74) is 0. The van der Waals surface area contributed by atoms with Gasteiger partial charge in [-0.1, -0.05) is 18.2 Å². The number of esters is 1. The molecule has 0 aliphatic rings. The predicted molar refractivity (Wildman–Crippen MR) is 48.9 cm³/mol. The number of carboxylic acid groups (broad SMARTS) is 1. The van der Waals surface area contributed by atoms with Gasteiger partial charge >= 0.3 is 11.9 Å². The molecule has 0 saturated heterocycles. The quantitative estimate of drug-likeness (QED) is 0.364. The van der Waals surface area contributed by atoms with Gasteiger partial charge in [-0.05, 0) is 12.1 Å². The minimum Gasteiger partial charge on any atom is -0.478 e. The number of ether oxygens (including phenoxy) is 1. The van der Waals surface area contributed by atoms with E-state index < -0.39 is 11.9 Å². The molecule has 1 N–H and O–H groups in total. The number of carbonyl (C=O) groups is 2. The zero-order valence-electron chi connectivity index (χ0n) is 7.92. The monoisotopic (exact) mass is 394 g/mol. The molecule has 0 bridgehead atoms. The van der Waals surface area contributed by atoms with Crippen molar-refractivity contribution in [2.24, 2.45) is 0 Å². The van der Waals surface area contributed by atoms with Gasteiger partial charge in [0.1, 0.15) is 5.75 Å². The van der Waals surface area contributed by atoms with Crippen molar-refractivity contribution in [1.29, 1.82) is 0 Å². The molecular weight excluding hydrogens is 385 g/mol. The number of aliphatic carboxylic acids is 1. The number of hydrogen-bond donors (Lipinski definition) is 1. The summed E-state index contributed by atoms with van der Waals surface area (Å²) in [6.45, 7) is 0. The fraction of sp³-hybridized carbons (Fsp3) is 0. The zero-order chi connectivity index (χ0) is 10.4. The van der Waals surface area contributed by atoms with Crippen LogP contribution in [0.1, 0.15) is 0 Å². The summed E-state index contributed by atoms with van der Waals surface area (Å²) in [5, 5.41) is 8.23.